The maximum atomic E-state index is 11.8. The Labute approximate surface area is 157 Å². The molecule has 0 radical (unpaired) electrons. The predicted octanol–water partition coefficient (Wildman–Crippen LogP) is 2.83. The molecule has 142 valence electrons. The fourth-order valence-corrected chi connectivity index (χ4v) is 2.99. The maximum Gasteiger partial charge on any atom is 0.243 e. The molecule has 1 aliphatic rings. The Kier molecular flexibility index (Phi) is 7.25. The van der Waals surface area contributed by atoms with Crippen LogP contribution in [-0.2, 0) is 17.6 Å². The summed E-state index contributed by atoms with van der Waals surface area (Å²) in [4.78, 5) is 17.8. The van der Waals surface area contributed by atoms with Crippen molar-refractivity contribution in [1.82, 2.24) is 15.5 Å². The Morgan fingerprint density at radius 3 is 2.62 bits per heavy atom. The first kappa shape index (κ1) is 20.0. The van der Waals surface area contributed by atoms with Crippen molar-refractivity contribution in [3.8, 4) is 0 Å². The molecule has 1 aliphatic carbocycles. The second-order valence-corrected chi connectivity index (χ2v) is 7.36. The maximum absolute atomic E-state index is 11.8. The summed E-state index contributed by atoms with van der Waals surface area (Å²) in [5, 5.41) is 6.66. The van der Waals surface area contributed by atoms with Crippen LogP contribution >= 0.6 is 0 Å². The number of hydrogen-bond acceptors (Lipinski definition) is 2. The van der Waals surface area contributed by atoms with Gasteiger partial charge in [-0.1, -0.05) is 30.4 Å². The molecule has 1 unspecified atom stereocenters. The van der Waals surface area contributed by atoms with Crippen LogP contribution in [0.15, 0.2) is 35.3 Å². The van der Waals surface area contributed by atoms with Gasteiger partial charge in [0.05, 0.1) is 6.04 Å². The molecule has 0 saturated heterocycles. The Balaban J connectivity index is 2.08. The summed E-state index contributed by atoms with van der Waals surface area (Å²) in [5.74, 6) is 0.608. The molecule has 0 aromatic heterocycles. The van der Waals surface area contributed by atoms with Crippen molar-refractivity contribution in [3.05, 3.63) is 47.0 Å². The topological polar surface area (TPSA) is 56.7 Å². The lowest BCUT2D eigenvalue weighted by Gasteiger charge is -2.22. The zero-order valence-electron chi connectivity index (χ0n) is 16.6. The lowest BCUT2D eigenvalue weighted by Crippen LogP contribution is -2.40. The standard InChI is InChI=1S/C21H32N4O/c1-15(2)13-22-21(23-14-20(26)25(4)5)24-16(3)18-11-10-17-8-6-7-9-19(17)12-18/h10-12,16H,1,6-9,13-14H2,2-5H3,(H2,22,23,24). The number of benzene rings is 1. The molecule has 0 saturated carbocycles. The number of aryl methyl sites for hydroxylation is 2. The number of hydrogen-bond donors (Lipinski definition) is 2. The van der Waals surface area contributed by atoms with Crippen molar-refractivity contribution in [3.63, 3.8) is 0 Å². The van der Waals surface area contributed by atoms with E-state index in [2.05, 4.69) is 47.3 Å². The third kappa shape index (κ3) is 5.90. The number of carbonyl (C=O) groups excluding carboxylic acids is 1. The van der Waals surface area contributed by atoms with Gasteiger partial charge in [0.15, 0.2) is 5.96 Å². The van der Waals surface area contributed by atoms with E-state index in [-0.39, 0.29) is 18.5 Å². The minimum Gasteiger partial charge on any atom is -0.353 e. The summed E-state index contributed by atoms with van der Waals surface area (Å²) in [6, 6.07) is 6.87. The molecule has 0 heterocycles. The summed E-state index contributed by atoms with van der Waals surface area (Å²) < 4.78 is 0. The van der Waals surface area contributed by atoms with Crippen LogP contribution in [0.1, 0.15) is 49.4 Å². The normalized spacial score (nSPS) is 15.0. The first-order valence-electron chi connectivity index (χ1n) is 9.38. The summed E-state index contributed by atoms with van der Waals surface area (Å²) >= 11 is 0. The van der Waals surface area contributed by atoms with Crippen molar-refractivity contribution >= 4 is 11.9 Å². The fourth-order valence-electron chi connectivity index (χ4n) is 2.99. The summed E-state index contributed by atoms with van der Waals surface area (Å²) in [6.07, 6.45) is 4.93. The van der Waals surface area contributed by atoms with Crippen molar-refractivity contribution in [2.24, 2.45) is 4.99 Å². The molecule has 26 heavy (non-hydrogen) atoms. The van der Waals surface area contributed by atoms with Gasteiger partial charge in [-0.15, -0.1) is 0 Å². The van der Waals surface area contributed by atoms with Gasteiger partial charge in [-0.3, -0.25) is 4.79 Å². The quantitative estimate of drug-likeness (QED) is 0.468. The molecule has 5 nitrogen and oxygen atoms in total. The van der Waals surface area contributed by atoms with Crippen LogP contribution in [0.5, 0.6) is 0 Å². The molecule has 2 rings (SSSR count). The average Bonchev–Trinajstić information content (AvgIpc) is 2.62. The molecule has 2 N–H and O–H groups in total. The largest absolute Gasteiger partial charge is 0.353 e. The Bertz CT molecular complexity index is 679. The van der Waals surface area contributed by atoms with E-state index in [0.717, 1.165) is 5.57 Å². The van der Waals surface area contributed by atoms with Gasteiger partial charge >= 0.3 is 0 Å². The van der Waals surface area contributed by atoms with Crippen molar-refractivity contribution in [2.75, 3.05) is 27.2 Å². The number of fused-ring (bicyclic) bond motifs is 1. The SMILES string of the molecule is C=C(C)CNC(=NCC(=O)N(C)C)NC(C)c1ccc2c(c1)CCCC2. The summed E-state index contributed by atoms with van der Waals surface area (Å²) in [5.41, 5.74) is 5.21. The molecule has 1 aromatic rings. The number of carbonyl (C=O) groups is 1. The molecule has 1 atom stereocenters. The highest BCUT2D eigenvalue weighted by molar-refractivity contribution is 5.85. The fraction of sp³-hybridized carbons (Fsp3) is 0.524. The molecular weight excluding hydrogens is 324 g/mol. The molecule has 0 spiro atoms. The zero-order chi connectivity index (χ0) is 19.1. The van der Waals surface area contributed by atoms with Crippen molar-refractivity contribution in [2.45, 2.75) is 45.6 Å². The van der Waals surface area contributed by atoms with Gasteiger partial charge < -0.3 is 15.5 Å². The zero-order valence-corrected chi connectivity index (χ0v) is 16.6. The lowest BCUT2D eigenvalue weighted by atomic mass is 9.89. The molecule has 0 aliphatic heterocycles. The van der Waals surface area contributed by atoms with E-state index in [9.17, 15) is 4.79 Å². The van der Waals surface area contributed by atoms with Crippen LogP contribution in [0, 0.1) is 0 Å². The van der Waals surface area contributed by atoms with Gasteiger partial charge in [-0.2, -0.15) is 0 Å². The number of aliphatic imine (C=N–C) groups is 1. The predicted molar refractivity (Wildman–Crippen MR) is 108 cm³/mol. The van der Waals surface area contributed by atoms with Crippen LogP contribution in [0.4, 0.5) is 0 Å². The number of amides is 1. The van der Waals surface area contributed by atoms with E-state index >= 15 is 0 Å². The van der Waals surface area contributed by atoms with Gasteiger partial charge in [0.2, 0.25) is 5.91 Å². The van der Waals surface area contributed by atoms with Gasteiger partial charge in [0, 0.05) is 20.6 Å². The van der Waals surface area contributed by atoms with Gasteiger partial charge in [-0.05, 0) is 56.2 Å². The molecule has 0 bridgehead atoms. The minimum absolute atomic E-state index is 0.0251. The molecule has 5 heteroatoms. The van der Waals surface area contributed by atoms with E-state index < -0.39 is 0 Å². The van der Waals surface area contributed by atoms with Crippen LogP contribution < -0.4 is 10.6 Å². The highest BCUT2D eigenvalue weighted by Gasteiger charge is 2.14. The van der Waals surface area contributed by atoms with Crippen LogP contribution in [0.3, 0.4) is 0 Å². The van der Waals surface area contributed by atoms with Gasteiger partial charge in [0.1, 0.15) is 6.54 Å². The highest BCUT2D eigenvalue weighted by Crippen LogP contribution is 2.24. The number of guanidine groups is 1. The van der Waals surface area contributed by atoms with Gasteiger partial charge in [0.25, 0.3) is 0 Å². The number of likely N-dealkylation sites (N-methyl/N-ethyl adjacent to an activating group) is 1. The average molecular weight is 357 g/mol. The third-order valence-corrected chi connectivity index (χ3v) is 4.65. The Hall–Kier alpha value is -2.30. The lowest BCUT2D eigenvalue weighted by molar-refractivity contribution is -0.127. The van der Waals surface area contributed by atoms with Crippen LogP contribution in [-0.4, -0.2) is 44.0 Å². The van der Waals surface area contributed by atoms with Crippen LogP contribution in [0.2, 0.25) is 0 Å². The van der Waals surface area contributed by atoms with Crippen LogP contribution in [0.25, 0.3) is 0 Å². The monoisotopic (exact) mass is 356 g/mol. The third-order valence-electron chi connectivity index (χ3n) is 4.65. The van der Waals surface area contributed by atoms with E-state index in [1.807, 2.05) is 6.92 Å². The minimum atomic E-state index is -0.0251. The molecule has 0 fully saturated rings. The number of nitrogens with zero attached hydrogens (tertiary/aromatic N) is 2. The molecular formula is C21H32N4O. The van der Waals surface area contributed by atoms with E-state index in [1.54, 1.807) is 19.0 Å². The molecule has 1 amide bonds. The second-order valence-electron chi connectivity index (χ2n) is 7.36. The van der Waals surface area contributed by atoms with E-state index in [0.29, 0.717) is 12.5 Å². The van der Waals surface area contributed by atoms with Crippen molar-refractivity contribution in [1.29, 1.82) is 0 Å². The molecule has 1 aromatic carbocycles. The van der Waals surface area contributed by atoms with E-state index in [1.165, 1.54) is 42.4 Å². The second kappa shape index (κ2) is 9.41. The van der Waals surface area contributed by atoms with Gasteiger partial charge in [-0.25, -0.2) is 4.99 Å². The highest BCUT2D eigenvalue weighted by atomic mass is 16.2. The first-order chi connectivity index (χ1) is 12.4. The Morgan fingerprint density at radius 1 is 1.27 bits per heavy atom. The van der Waals surface area contributed by atoms with E-state index in [4.69, 9.17) is 0 Å². The first-order valence-corrected chi connectivity index (χ1v) is 9.38. The smallest absolute Gasteiger partial charge is 0.243 e. The summed E-state index contributed by atoms with van der Waals surface area (Å²) in [7, 11) is 3.48. The number of rotatable bonds is 6. The Morgan fingerprint density at radius 2 is 1.96 bits per heavy atom. The number of nitrogens with one attached hydrogen (secondary N) is 2. The van der Waals surface area contributed by atoms with Crippen molar-refractivity contribution < 1.29 is 4.79 Å². The summed E-state index contributed by atoms with van der Waals surface area (Å²) in [6.45, 7) is 8.74.